The highest BCUT2D eigenvalue weighted by atomic mass is 32.2. The fourth-order valence-corrected chi connectivity index (χ4v) is 9.86. The Morgan fingerprint density at radius 2 is 0.780 bits per heavy atom. The smallest absolute Gasteiger partial charge is 0.283 e. The predicted molar refractivity (Wildman–Crippen MR) is 196 cm³/mol. The van der Waals surface area contributed by atoms with E-state index in [2.05, 4.69) is 0 Å². The summed E-state index contributed by atoms with van der Waals surface area (Å²) in [7, 11) is -33.2. The lowest BCUT2D eigenvalue weighted by Gasteiger charge is -2.25. The first-order chi connectivity index (χ1) is 26.8. The van der Waals surface area contributed by atoms with E-state index in [1.165, 1.54) is 0 Å². The summed E-state index contributed by atoms with van der Waals surface area (Å²) in [6.45, 7) is 0. The quantitative estimate of drug-likeness (QED) is 0.0425. The van der Waals surface area contributed by atoms with Crippen molar-refractivity contribution in [3.05, 3.63) is 76.8 Å². The van der Waals surface area contributed by atoms with Gasteiger partial charge >= 0.3 is 0 Å². The second-order valence-electron chi connectivity index (χ2n) is 11.6. The highest BCUT2D eigenvalue weighted by Crippen LogP contribution is 2.44. The molecular weight excluding hydrogens is 923 g/mol. The molecule has 5 aromatic carbocycles. The topological polar surface area (TPSA) is 410 Å². The van der Waals surface area contributed by atoms with Crippen LogP contribution in [-0.4, -0.2) is 95.6 Å². The van der Waals surface area contributed by atoms with E-state index in [1.807, 2.05) is 0 Å². The number of anilines is 4. The lowest BCUT2D eigenvalue weighted by Crippen LogP contribution is -2.19. The maximum absolute atomic E-state index is 12.8. The molecule has 2 amide bonds. The first kappa shape index (κ1) is 44.5. The van der Waals surface area contributed by atoms with E-state index in [0.29, 0.717) is 64.4 Å². The molecule has 314 valence electrons. The summed E-state index contributed by atoms with van der Waals surface area (Å²) in [6, 6.07) is 4.77. The monoisotopic (exact) mass is 941 g/mol. The van der Waals surface area contributed by atoms with Crippen molar-refractivity contribution in [3.63, 3.8) is 0 Å². The lowest BCUT2D eigenvalue weighted by atomic mass is 10.1. The van der Waals surface area contributed by atoms with Crippen LogP contribution >= 0.6 is 0 Å². The van der Waals surface area contributed by atoms with Crippen LogP contribution in [0.5, 0.6) is 0 Å². The van der Waals surface area contributed by atoms with Crippen molar-refractivity contribution < 1.29 is 92.3 Å². The molecule has 0 heterocycles. The van der Waals surface area contributed by atoms with Crippen LogP contribution in [0, 0.1) is 10.1 Å². The Balaban J connectivity index is 1.95. The molecule has 0 bridgehead atoms. The third-order valence-corrected chi connectivity index (χ3v) is 13.3. The van der Waals surface area contributed by atoms with E-state index in [4.69, 9.17) is 0 Å². The van der Waals surface area contributed by atoms with Crippen LogP contribution in [0.1, 0.15) is 0 Å². The van der Waals surface area contributed by atoms with Crippen molar-refractivity contribution in [2.75, 3.05) is 9.80 Å². The number of hydrogen-bond donors (Lipinski definition) is 6. The molecular formula is C28H19N3O22S6. The summed E-state index contributed by atoms with van der Waals surface area (Å²) < 4.78 is 207. The van der Waals surface area contributed by atoms with Gasteiger partial charge in [-0.1, -0.05) is 0 Å². The number of nitro groups is 1. The van der Waals surface area contributed by atoms with Gasteiger partial charge in [0, 0.05) is 33.7 Å². The molecule has 0 aliphatic rings. The summed E-state index contributed by atoms with van der Waals surface area (Å²) >= 11 is 0. The normalized spacial score (nSPS) is 13.0. The largest absolute Gasteiger partial charge is 0.295 e. The standard InChI is InChI=1S/C28H19N3O22S6/c32-12-29(21-1-3-23(56(42,43)44)19-8-17(54(36,37)38)10-25(27(19)21)58(48,49)50)14-5-15(7-16(6-14)31(34)35)30(13-33)22-2-4-24(57(45,46)47)20-9-18(55(39,40)41)11-26(28(20)22)59(51,52)53/h1-13H,(H,36,37,38)(H,39,40,41)(H,42,43,44)(H,45,46,47)(H,48,49,50)(H,51,52,53). The summed E-state index contributed by atoms with van der Waals surface area (Å²) in [6.07, 6.45) is -0.436. The highest BCUT2D eigenvalue weighted by Gasteiger charge is 2.32. The average Bonchev–Trinajstić information content (AvgIpc) is 3.08. The van der Waals surface area contributed by atoms with Crippen molar-refractivity contribution in [2.45, 2.75) is 29.4 Å². The van der Waals surface area contributed by atoms with Gasteiger partial charge in [-0.05, 0) is 54.6 Å². The Labute approximate surface area is 330 Å². The van der Waals surface area contributed by atoms with Gasteiger partial charge in [-0.15, -0.1) is 0 Å². The van der Waals surface area contributed by atoms with E-state index in [9.17, 15) is 97.5 Å². The number of carbonyl (C=O) groups is 2. The molecule has 0 fully saturated rings. The van der Waals surface area contributed by atoms with Gasteiger partial charge < -0.3 is 0 Å². The van der Waals surface area contributed by atoms with Crippen LogP contribution in [0.3, 0.4) is 0 Å². The number of benzene rings is 5. The molecule has 0 radical (unpaired) electrons. The van der Waals surface area contributed by atoms with Gasteiger partial charge in [-0.25, -0.2) is 0 Å². The molecule has 59 heavy (non-hydrogen) atoms. The van der Waals surface area contributed by atoms with E-state index < -0.39 is 145 Å². The Kier molecular flexibility index (Phi) is 11.0. The van der Waals surface area contributed by atoms with Crippen LogP contribution in [0.25, 0.3) is 21.5 Å². The second kappa shape index (κ2) is 14.6. The van der Waals surface area contributed by atoms with Crippen LogP contribution in [-0.2, 0) is 70.3 Å². The zero-order valence-corrected chi connectivity index (χ0v) is 32.9. The number of rotatable bonds is 13. The minimum Gasteiger partial charge on any atom is -0.283 e. The molecule has 0 spiro atoms. The molecule has 31 heteroatoms. The van der Waals surface area contributed by atoms with Crippen LogP contribution < -0.4 is 9.80 Å². The molecule has 0 saturated heterocycles. The Bertz CT molecular complexity index is 3190. The van der Waals surface area contributed by atoms with Gasteiger partial charge in [0.2, 0.25) is 12.8 Å². The van der Waals surface area contributed by atoms with Crippen LogP contribution in [0.2, 0.25) is 0 Å². The molecule has 6 N–H and O–H groups in total. The predicted octanol–water partition coefficient (Wildman–Crippen LogP) is 1.97. The molecule has 5 aromatic rings. The lowest BCUT2D eigenvalue weighted by molar-refractivity contribution is -0.384. The summed E-state index contributed by atoms with van der Waals surface area (Å²) in [4.78, 5) is 28.9. The number of non-ortho nitro benzene ring substituents is 1. The number of nitrogens with zero attached hydrogens (tertiary/aromatic N) is 3. The van der Waals surface area contributed by atoms with Crippen LogP contribution in [0.15, 0.2) is 96.1 Å². The number of hydrogen-bond acceptors (Lipinski definition) is 16. The minimum absolute atomic E-state index is 0.113. The van der Waals surface area contributed by atoms with Crippen molar-refractivity contribution >= 4 is 124 Å². The zero-order valence-electron chi connectivity index (χ0n) is 28.0. The molecule has 5 rings (SSSR count). The third-order valence-electron chi connectivity index (χ3n) is 8.07. The third kappa shape index (κ3) is 8.61. The summed E-state index contributed by atoms with van der Waals surface area (Å²) in [5.41, 5.74) is -4.38. The highest BCUT2D eigenvalue weighted by molar-refractivity contribution is 7.88. The maximum atomic E-state index is 12.8. The summed E-state index contributed by atoms with van der Waals surface area (Å²) in [5, 5.41) is 7.84. The van der Waals surface area contributed by atoms with Gasteiger partial charge in [0.15, 0.2) is 0 Å². The molecule has 0 aromatic heterocycles. The number of carbonyl (C=O) groups excluding carboxylic acids is 2. The van der Waals surface area contributed by atoms with E-state index in [1.54, 1.807) is 0 Å². The fraction of sp³-hybridized carbons (Fsp3) is 0. The van der Waals surface area contributed by atoms with E-state index in [-0.39, 0.29) is 25.0 Å². The average molecular weight is 942 g/mol. The molecule has 0 unspecified atom stereocenters. The molecule has 0 atom stereocenters. The number of fused-ring (bicyclic) bond motifs is 2. The number of amides is 2. The zero-order chi connectivity index (χ0) is 44.6. The van der Waals surface area contributed by atoms with E-state index in [0.717, 1.165) is 0 Å². The Morgan fingerprint density at radius 1 is 0.458 bits per heavy atom. The van der Waals surface area contributed by atoms with Gasteiger partial charge in [0.1, 0.15) is 19.6 Å². The minimum atomic E-state index is -5.71. The SMILES string of the molecule is O=CN(c1cc(N(C=O)c2ccc(S(=O)(=O)O)c3cc(S(=O)(=O)O)cc(S(=O)(=O)O)c23)cc([N+](=O)[O-])c1)c1ccc(S(=O)(=O)O)c2cc(S(=O)(=O)O)cc(S(=O)(=O)O)c12. The van der Waals surface area contributed by atoms with E-state index >= 15 is 0 Å². The van der Waals surface area contributed by atoms with Crippen molar-refractivity contribution in [1.29, 1.82) is 0 Å². The van der Waals surface area contributed by atoms with Gasteiger partial charge in [0.05, 0.1) is 37.5 Å². The Hall–Kier alpha value is -5.58. The molecule has 25 nitrogen and oxygen atoms in total. The Morgan fingerprint density at radius 3 is 1.03 bits per heavy atom. The van der Waals surface area contributed by atoms with Crippen molar-refractivity contribution in [3.8, 4) is 0 Å². The van der Waals surface area contributed by atoms with Crippen molar-refractivity contribution in [1.82, 2.24) is 0 Å². The first-order valence-corrected chi connectivity index (χ1v) is 23.3. The molecule has 0 aliphatic carbocycles. The fourth-order valence-electron chi connectivity index (χ4n) is 5.79. The maximum Gasteiger partial charge on any atom is 0.295 e. The molecule has 0 aliphatic heterocycles. The second-order valence-corrected chi connectivity index (χ2v) is 20.0. The van der Waals surface area contributed by atoms with Gasteiger partial charge in [-0.3, -0.25) is 56.8 Å². The van der Waals surface area contributed by atoms with Crippen LogP contribution in [0.4, 0.5) is 28.4 Å². The summed E-state index contributed by atoms with van der Waals surface area (Å²) in [5.74, 6) is 0. The first-order valence-electron chi connectivity index (χ1n) is 14.7. The van der Waals surface area contributed by atoms with Gasteiger partial charge in [0.25, 0.3) is 66.4 Å². The van der Waals surface area contributed by atoms with Crippen molar-refractivity contribution in [2.24, 2.45) is 0 Å². The molecule has 0 saturated carbocycles. The number of nitro benzene ring substituents is 1. The van der Waals surface area contributed by atoms with Gasteiger partial charge in [-0.2, -0.15) is 50.5 Å².